The second kappa shape index (κ2) is 7.03. The summed E-state index contributed by atoms with van der Waals surface area (Å²) in [6.45, 7) is 0.707. The predicted octanol–water partition coefficient (Wildman–Crippen LogP) is 3.37. The number of pyridine rings is 1. The van der Waals surface area contributed by atoms with E-state index in [-0.39, 0.29) is 12.7 Å². The zero-order chi connectivity index (χ0) is 17.1. The van der Waals surface area contributed by atoms with Gasteiger partial charge in [-0.3, -0.25) is 4.79 Å². The SMILES string of the molecule is O=C(CSc1nccc2ccccc12)NCc1ccc2c(c1)OCO2. The fourth-order valence-corrected chi connectivity index (χ4v) is 3.49. The summed E-state index contributed by atoms with van der Waals surface area (Å²) in [5.41, 5.74) is 0.978. The monoisotopic (exact) mass is 352 g/mol. The lowest BCUT2D eigenvalue weighted by atomic mass is 10.2. The van der Waals surface area contributed by atoms with E-state index in [1.807, 2.05) is 48.5 Å². The minimum atomic E-state index is -0.0302. The molecule has 1 N–H and O–H groups in total. The topological polar surface area (TPSA) is 60.5 Å². The van der Waals surface area contributed by atoms with Crippen molar-refractivity contribution in [2.45, 2.75) is 11.6 Å². The van der Waals surface area contributed by atoms with Crippen molar-refractivity contribution in [2.24, 2.45) is 0 Å². The first-order valence-electron chi connectivity index (χ1n) is 7.91. The fourth-order valence-electron chi connectivity index (χ4n) is 2.64. The number of hydrogen-bond donors (Lipinski definition) is 1. The van der Waals surface area contributed by atoms with Crippen LogP contribution in [0.1, 0.15) is 5.56 Å². The Bertz CT molecular complexity index is 924. The molecule has 2 heterocycles. The number of rotatable bonds is 5. The van der Waals surface area contributed by atoms with Crippen molar-refractivity contribution in [3.63, 3.8) is 0 Å². The van der Waals surface area contributed by atoms with E-state index in [0.717, 1.165) is 32.9 Å². The average molecular weight is 352 g/mol. The van der Waals surface area contributed by atoms with Crippen LogP contribution in [0.4, 0.5) is 0 Å². The zero-order valence-corrected chi connectivity index (χ0v) is 14.2. The van der Waals surface area contributed by atoms with Gasteiger partial charge in [-0.15, -0.1) is 0 Å². The van der Waals surface area contributed by atoms with Crippen LogP contribution in [0.25, 0.3) is 10.8 Å². The molecule has 0 unspecified atom stereocenters. The van der Waals surface area contributed by atoms with Crippen molar-refractivity contribution >= 4 is 28.4 Å². The molecule has 3 aromatic rings. The number of carbonyl (C=O) groups excluding carboxylic acids is 1. The van der Waals surface area contributed by atoms with Gasteiger partial charge in [0.15, 0.2) is 11.5 Å². The molecular weight excluding hydrogens is 336 g/mol. The Morgan fingerprint density at radius 3 is 2.96 bits per heavy atom. The van der Waals surface area contributed by atoms with Crippen LogP contribution in [-0.4, -0.2) is 23.4 Å². The minimum absolute atomic E-state index is 0.0302. The summed E-state index contributed by atoms with van der Waals surface area (Å²) in [6.07, 6.45) is 1.77. The van der Waals surface area contributed by atoms with Crippen molar-refractivity contribution in [2.75, 3.05) is 12.5 Å². The van der Waals surface area contributed by atoms with Crippen LogP contribution in [-0.2, 0) is 11.3 Å². The van der Waals surface area contributed by atoms with Gasteiger partial charge in [-0.25, -0.2) is 4.98 Å². The first kappa shape index (κ1) is 15.8. The summed E-state index contributed by atoms with van der Waals surface area (Å²) in [5, 5.41) is 5.99. The number of fused-ring (bicyclic) bond motifs is 2. The van der Waals surface area contributed by atoms with Crippen LogP contribution in [0.2, 0.25) is 0 Å². The molecule has 1 aromatic heterocycles. The highest BCUT2D eigenvalue weighted by molar-refractivity contribution is 8.00. The normalized spacial score (nSPS) is 12.3. The largest absolute Gasteiger partial charge is 0.454 e. The van der Waals surface area contributed by atoms with Crippen LogP contribution in [0, 0.1) is 0 Å². The molecule has 4 rings (SSSR count). The van der Waals surface area contributed by atoms with Gasteiger partial charge in [0.25, 0.3) is 0 Å². The minimum Gasteiger partial charge on any atom is -0.454 e. The molecule has 0 saturated carbocycles. The predicted molar refractivity (Wildman–Crippen MR) is 96.9 cm³/mol. The molecule has 0 spiro atoms. The maximum absolute atomic E-state index is 12.1. The van der Waals surface area contributed by atoms with Crippen LogP contribution in [0.5, 0.6) is 11.5 Å². The molecular formula is C19H16N2O3S. The number of nitrogens with zero attached hydrogens (tertiary/aromatic N) is 1. The van der Waals surface area contributed by atoms with Crippen molar-refractivity contribution in [3.8, 4) is 11.5 Å². The zero-order valence-electron chi connectivity index (χ0n) is 13.4. The van der Waals surface area contributed by atoms with Gasteiger partial charge in [-0.2, -0.15) is 0 Å². The van der Waals surface area contributed by atoms with E-state index in [4.69, 9.17) is 9.47 Å². The Hall–Kier alpha value is -2.73. The Balaban J connectivity index is 1.35. The molecule has 0 radical (unpaired) electrons. The smallest absolute Gasteiger partial charge is 0.231 e. The molecule has 1 amide bonds. The molecule has 0 atom stereocenters. The number of hydrogen-bond acceptors (Lipinski definition) is 5. The van der Waals surface area contributed by atoms with E-state index < -0.39 is 0 Å². The molecule has 2 aromatic carbocycles. The molecule has 0 aliphatic carbocycles. The number of thioether (sulfide) groups is 1. The fraction of sp³-hybridized carbons (Fsp3) is 0.158. The molecule has 0 saturated heterocycles. The first-order valence-corrected chi connectivity index (χ1v) is 8.90. The van der Waals surface area contributed by atoms with Crippen LogP contribution in [0.3, 0.4) is 0 Å². The maximum atomic E-state index is 12.1. The van der Waals surface area contributed by atoms with Crippen LogP contribution >= 0.6 is 11.8 Å². The van der Waals surface area contributed by atoms with Crippen molar-refractivity contribution < 1.29 is 14.3 Å². The summed E-state index contributed by atoms with van der Waals surface area (Å²) in [7, 11) is 0. The van der Waals surface area contributed by atoms with Crippen molar-refractivity contribution in [3.05, 3.63) is 60.3 Å². The number of nitrogens with one attached hydrogen (secondary N) is 1. The van der Waals surface area contributed by atoms with Crippen LogP contribution in [0.15, 0.2) is 59.8 Å². The van der Waals surface area contributed by atoms with Crippen LogP contribution < -0.4 is 14.8 Å². The van der Waals surface area contributed by atoms with Gasteiger partial charge >= 0.3 is 0 Å². The molecule has 0 fully saturated rings. The highest BCUT2D eigenvalue weighted by Gasteiger charge is 2.13. The Labute approximate surface area is 149 Å². The maximum Gasteiger partial charge on any atom is 0.231 e. The van der Waals surface area contributed by atoms with E-state index >= 15 is 0 Å². The number of carbonyl (C=O) groups is 1. The average Bonchev–Trinajstić information content (AvgIpc) is 3.12. The highest BCUT2D eigenvalue weighted by Crippen LogP contribution is 2.32. The standard InChI is InChI=1S/C19H16N2O3S/c22-18(21-10-13-5-6-16-17(9-13)24-12-23-16)11-25-19-15-4-2-1-3-14(15)7-8-20-19/h1-9H,10-12H2,(H,21,22). The molecule has 25 heavy (non-hydrogen) atoms. The van der Waals surface area contributed by atoms with E-state index in [1.165, 1.54) is 11.8 Å². The number of aromatic nitrogens is 1. The van der Waals surface area contributed by atoms with Gasteiger partial charge < -0.3 is 14.8 Å². The van der Waals surface area contributed by atoms with Gasteiger partial charge in [0.05, 0.1) is 5.75 Å². The second-order valence-electron chi connectivity index (χ2n) is 5.59. The Morgan fingerprint density at radius 2 is 2.00 bits per heavy atom. The van der Waals surface area contributed by atoms with E-state index in [9.17, 15) is 4.79 Å². The third-order valence-corrected chi connectivity index (χ3v) is 4.91. The summed E-state index contributed by atoms with van der Waals surface area (Å²) >= 11 is 1.45. The van der Waals surface area contributed by atoms with E-state index in [1.54, 1.807) is 6.20 Å². The first-order chi connectivity index (χ1) is 12.3. The summed E-state index contributed by atoms with van der Waals surface area (Å²) in [6, 6.07) is 15.7. The Morgan fingerprint density at radius 1 is 1.12 bits per heavy atom. The number of ether oxygens (including phenoxy) is 2. The van der Waals surface area contributed by atoms with Gasteiger partial charge in [0.1, 0.15) is 5.03 Å². The molecule has 6 heteroatoms. The number of amides is 1. The quantitative estimate of drug-likeness (QED) is 0.714. The molecule has 1 aliphatic heterocycles. The summed E-state index contributed by atoms with van der Waals surface area (Å²) in [5.74, 6) is 1.76. The van der Waals surface area contributed by atoms with E-state index in [0.29, 0.717) is 12.3 Å². The highest BCUT2D eigenvalue weighted by atomic mass is 32.2. The molecule has 5 nitrogen and oxygen atoms in total. The number of benzene rings is 2. The van der Waals surface area contributed by atoms with Crippen molar-refractivity contribution in [1.29, 1.82) is 0 Å². The second-order valence-corrected chi connectivity index (χ2v) is 6.55. The molecule has 126 valence electrons. The third kappa shape index (κ3) is 3.53. The lowest BCUT2D eigenvalue weighted by Gasteiger charge is -2.07. The van der Waals surface area contributed by atoms with Gasteiger partial charge in [-0.1, -0.05) is 42.1 Å². The summed E-state index contributed by atoms with van der Waals surface area (Å²) < 4.78 is 10.6. The third-order valence-electron chi connectivity index (χ3n) is 3.90. The van der Waals surface area contributed by atoms with E-state index in [2.05, 4.69) is 10.3 Å². The molecule has 1 aliphatic rings. The van der Waals surface area contributed by atoms with Crippen molar-refractivity contribution in [1.82, 2.24) is 10.3 Å². The summed E-state index contributed by atoms with van der Waals surface area (Å²) in [4.78, 5) is 16.5. The van der Waals surface area contributed by atoms with Gasteiger partial charge in [0.2, 0.25) is 12.7 Å². The van der Waals surface area contributed by atoms with Gasteiger partial charge in [0, 0.05) is 18.1 Å². The Kier molecular flexibility index (Phi) is 4.43. The lowest BCUT2D eigenvalue weighted by Crippen LogP contribution is -2.24. The molecule has 0 bridgehead atoms. The van der Waals surface area contributed by atoms with Gasteiger partial charge in [-0.05, 0) is 29.1 Å². The lowest BCUT2D eigenvalue weighted by molar-refractivity contribution is -0.118.